The van der Waals surface area contributed by atoms with Gasteiger partial charge in [-0.25, -0.2) is 0 Å². The van der Waals surface area contributed by atoms with Crippen LogP contribution in [-0.2, 0) is 0 Å². The zero-order valence-electron chi connectivity index (χ0n) is 15.0. The first-order valence-electron chi connectivity index (χ1n) is 9.02. The molecule has 136 valence electrons. The van der Waals surface area contributed by atoms with E-state index in [-0.39, 0.29) is 5.43 Å². The van der Waals surface area contributed by atoms with E-state index in [1.54, 1.807) is 13.0 Å². The first-order valence-corrected chi connectivity index (χ1v) is 9.56. The van der Waals surface area contributed by atoms with Crippen LogP contribution in [0.1, 0.15) is 31.2 Å². The molecule has 3 aromatic rings. The second kappa shape index (κ2) is 8.91. The highest BCUT2D eigenvalue weighted by molar-refractivity contribution is 6.17. The van der Waals surface area contributed by atoms with E-state index in [1.807, 2.05) is 42.5 Å². The van der Waals surface area contributed by atoms with Crippen molar-refractivity contribution in [3.05, 3.63) is 64.3 Å². The van der Waals surface area contributed by atoms with E-state index in [1.165, 1.54) is 0 Å². The standard InChI is InChI=1S/C22H23ClO3/c1-16-21(24)19-15-18(25-14-8-3-2-7-13-23)11-12-20(19)26-22(16)17-9-5-4-6-10-17/h4-6,9-12,15H,2-3,7-8,13-14H2,1H3. The van der Waals surface area contributed by atoms with Crippen molar-refractivity contribution in [3.8, 4) is 17.1 Å². The average molecular weight is 371 g/mol. The number of halogens is 1. The molecule has 0 unspecified atom stereocenters. The van der Waals surface area contributed by atoms with Crippen molar-refractivity contribution in [2.75, 3.05) is 12.5 Å². The molecular weight excluding hydrogens is 348 g/mol. The van der Waals surface area contributed by atoms with E-state index in [0.717, 1.165) is 31.2 Å². The topological polar surface area (TPSA) is 39.4 Å². The highest BCUT2D eigenvalue weighted by Crippen LogP contribution is 2.27. The Morgan fingerprint density at radius 1 is 1.00 bits per heavy atom. The smallest absolute Gasteiger partial charge is 0.196 e. The molecular formula is C22H23ClO3. The van der Waals surface area contributed by atoms with Crippen molar-refractivity contribution < 1.29 is 9.15 Å². The summed E-state index contributed by atoms with van der Waals surface area (Å²) >= 11 is 5.67. The lowest BCUT2D eigenvalue weighted by molar-refractivity contribution is 0.305. The summed E-state index contributed by atoms with van der Waals surface area (Å²) in [6, 6.07) is 15.1. The summed E-state index contributed by atoms with van der Waals surface area (Å²) in [6.45, 7) is 2.44. The number of ether oxygens (including phenoxy) is 1. The van der Waals surface area contributed by atoms with Crippen molar-refractivity contribution >= 4 is 22.6 Å². The molecule has 0 saturated carbocycles. The third-order valence-electron chi connectivity index (χ3n) is 4.42. The van der Waals surface area contributed by atoms with E-state index in [2.05, 4.69) is 0 Å². The second-order valence-corrected chi connectivity index (χ2v) is 6.74. The summed E-state index contributed by atoms with van der Waals surface area (Å²) in [5.41, 5.74) is 2.08. The Morgan fingerprint density at radius 2 is 1.77 bits per heavy atom. The van der Waals surface area contributed by atoms with Crippen LogP contribution in [0.4, 0.5) is 0 Å². The Morgan fingerprint density at radius 3 is 2.54 bits per heavy atom. The number of hydrogen-bond acceptors (Lipinski definition) is 3. The van der Waals surface area contributed by atoms with Crippen LogP contribution in [0.3, 0.4) is 0 Å². The summed E-state index contributed by atoms with van der Waals surface area (Å²) in [7, 11) is 0. The Hall–Kier alpha value is -2.26. The van der Waals surface area contributed by atoms with Gasteiger partial charge in [0.2, 0.25) is 0 Å². The molecule has 0 aliphatic heterocycles. The normalized spacial score (nSPS) is 11.0. The van der Waals surface area contributed by atoms with Gasteiger partial charge in [0.1, 0.15) is 17.1 Å². The summed E-state index contributed by atoms with van der Waals surface area (Å²) in [5.74, 6) is 2.04. The number of rotatable bonds is 8. The summed E-state index contributed by atoms with van der Waals surface area (Å²) < 4.78 is 11.8. The maximum Gasteiger partial charge on any atom is 0.196 e. The minimum Gasteiger partial charge on any atom is -0.494 e. The predicted octanol–water partition coefficient (Wildman–Crippen LogP) is 5.95. The average Bonchev–Trinajstić information content (AvgIpc) is 2.68. The number of alkyl halides is 1. The SMILES string of the molecule is Cc1c(-c2ccccc2)oc2ccc(OCCCCCCCl)cc2c1=O. The van der Waals surface area contributed by atoms with E-state index in [9.17, 15) is 4.79 Å². The van der Waals surface area contributed by atoms with Crippen molar-refractivity contribution in [2.45, 2.75) is 32.6 Å². The molecule has 2 aromatic carbocycles. The lowest BCUT2D eigenvalue weighted by Crippen LogP contribution is -2.07. The monoisotopic (exact) mass is 370 g/mol. The van der Waals surface area contributed by atoms with E-state index in [4.69, 9.17) is 20.8 Å². The third-order valence-corrected chi connectivity index (χ3v) is 4.69. The molecule has 0 N–H and O–H groups in total. The van der Waals surface area contributed by atoms with Gasteiger partial charge in [-0.05, 0) is 38.0 Å². The second-order valence-electron chi connectivity index (χ2n) is 6.36. The van der Waals surface area contributed by atoms with Gasteiger partial charge in [-0.1, -0.05) is 43.2 Å². The zero-order chi connectivity index (χ0) is 18.4. The third kappa shape index (κ3) is 4.28. The molecule has 0 saturated heterocycles. The van der Waals surface area contributed by atoms with Crippen molar-refractivity contribution in [1.82, 2.24) is 0 Å². The molecule has 1 heterocycles. The molecule has 0 radical (unpaired) electrons. The molecule has 3 nitrogen and oxygen atoms in total. The lowest BCUT2D eigenvalue weighted by atomic mass is 10.1. The molecule has 26 heavy (non-hydrogen) atoms. The first-order chi connectivity index (χ1) is 12.7. The highest BCUT2D eigenvalue weighted by atomic mass is 35.5. The van der Waals surface area contributed by atoms with Gasteiger partial charge in [0.05, 0.1) is 12.0 Å². The van der Waals surface area contributed by atoms with Crippen LogP contribution >= 0.6 is 11.6 Å². The highest BCUT2D eigenvalue weighted by Gasteiger charge is 2.13. The van der Waals surface area contributed by atoms with Crippen LogP contribution in [0.15, 0.2) is 57.7 Å². The Kier molecular flexibility index (Phi) is 6.35. The van der Waals surface area contributed by atoms with Gasteiger partial charge in [0.25, 0.3) is 0 Å². The minimum absolute atomic E-state index is 0.0161. The van der Waals surface area contributed by atoms with Crippen LogP contribution in [0.5, 0.6) is 5.75 Å². The molecule has 3 rings (SSSR count). The van der Waals surface area contributed by atoms with Crippen molar-refractivity contribution in [2.24, 2.45) is 0 Å². The Bertz CT molecular complexity index is 916. The molecule has 1 aromatic heterocycles. The predicted molar refractivity (Wildman–Crippen MR) is 107 cm³/mol. The van der Waals surface area contributed by atoms with Crippen molar-refractivity contribution in [1.29, 1.82) is 0 Å². The first kappa shape index (κ1) is 18.5. The lowest BCUT2D eigenvalue weighted by Gasteiger charge is -2.09. The fourth-order valence-corrected chi connectivity index (χ4v) is 3.15. The minimum atomic E-state index is -0.0161. The van der Waals surface area contributed by atoms with Crippen LogP contribution in [0.25, 0.3) is 22.3 Å². The van der Waals surface area contributed by atoms with Gasteiger partial charge in [-0.15, -0.1) is 11.6 Å². The number of hydrogen-bond donors (Lipinski definition) is 0. The maximum absolute atomic E-state index is 12.8. The largest absolute Gasteiger partial charge is 0.494 e. The number of benzene rings is 2. The Balaban J connectivity index is 1.80. The van der Waals surface area contributed by atoms with Gasteiger partial charge < -0.3 is 9.15 Å². The van der Waals surface area contributed by atoms with E-state index < -0.39 is 0 Å². The summed E-state index contributed by atoms with van der Waals surface area (Å²) in [5, 5.41) is 0.557. The molecule has 0 spiro atoms. The molecule has 0 bridgehead atoms. The van der Waals surface area contributed by atoms with Gasteiger partial charge in [0, 0.05) is 17.0 Å². The Labute approximate surface area is 158 Å². The van der Waals surface area contributed by atoms with E-state index >= 15 is 0 Å². The zero-order valence-corrected chi connectivity index (χ0v) is 15.7. The van der Waals surface area contributed by atoms with Crippen LogP contribution in [0.2, 0.25) is 0 Å². The van der Waals surface area contributed by atoms with Gasteiger partial charge in [-0.2, -0.15) is 0 Å². The molecule has 0 amide bonds. The maximum atomic E-state index is 12.8. The fourth-order valence-electron chi connectivity index (χ4n) is 2.96. The van der Waals surface area contributed by atoms with Gasteiger partial charge in [-0.3, -0.25) is 4.79 Å². The number of fused-ring (bicyclic) bond motifs is 1. The van der Waals surface area contributed by atoms with E-state index in [0.29, 0.717) is 40.5 Å². The van der Waals surface area contributed by atoms with Crippen LogP contribution in [0, 0.1) is 6.92 Å². The molecule has 0 aliphatic rings. The van der Waals surface area contributed by atoms with Gasteiger partial charge in [0.15, 0.2) is 5.43 Å². The quantitative estimate of drug-likeness (QED) is 0.363. The fraction of sp³-hybridized carbons (Fsp3) is 0.318. The van der Waals surface area contributed by atoms with Crippen molar-refractivity contribution in [3.63, 3.8) is 0 Å². The molecule has 0 fully saturated rings. The van der Waals surface area contributed by atoms with Gasteiger partial charge >= 0.3 is 0 Å². The molecule has 0 atom stereocenters. The van der Waals surface area contributed by atoms with Crippen LogP contribution < -0.4 is 10.2 Å². The summed E-state index contributed by atoms with van der Waals surface area (Å²) in [6.07, 6.45) is 4.24. The summed E-state index contributed by atoms with van der Waals surface area (Å²) in [4.78, 5) is 12.8. The molecule has 4 heteroatoms. The number of unbranched alkanes of at least 4 members (excludes halogenated alkanes) is 3. The van der Waals surface area contributed by atoms with Crippen LogP contribution in [-0.4, -0.2) is 12.5 Å². The molecule has 0 aliphatic carbocycles.